The first-order valence-electron chi connectivity index (χ1n) is 9.05. The number of hydrogen-bond acceptors (Lipinski definition) is 8. The van der Waals surface area contributed by atoms with Crippen molar-refractivity contribution in [2.24, 2.45) is 0 Å². The average Bonchev–Trinajstić information content (AvgIpc) is 3.41. The fourth-order valence-corrected chi connectivity index (χ4v) is 3.49. The molecule has 0 amide bonds. The standard InChI is InChI=1S/C19H16BN7O2/c1-28-18-14(9-24-19(25-18)29-2)15-6-13(17-21-3-4-27(17)26-15)11-5-12(11)16-22-7-10(20)8-23-16/h3-4,6-9,11-12H,5H2,1-2H3/t11-,12-/m0/s1. The SMILES string of the molecule is [B]c1cnc([C@H]2C[C@@H]2c2cc(-c3cnc(OC)nc3OC)nn3ccnc23)nc1. The number of hydrogen-bond donors (Lipinski definition) is 0. The summed E-state index contributed by atoms with van der Waals surface area (Å²) in [5.74, 6) is 1.65. The molecule has 0 saturated heterocycles. The second-order valence-corrected chi connectivity index (χ2v) is 6.78. The van der Waals surface area contributed by atoms with Crippen LogP contribution in [0.15, 0.2) is 37.1 Å². The zero-order valence-electron chi connectivity index (χ0n) is 15.9. The maximum atomic E-state index is 5.71. The molecule has 0 unspecified atom stereocenters. The first kappa shape index (κ1) is 17.5. The molecule has 4 aromatic heterocycles. The molecule has 5 rings (SSSR count). The van der Waals surface area contributed by atoms with Crippen molar-refractivity contribution >= 4 is 19.0 Å². The van der Waals surface area contributed by atoms with Crippen LogP contribution in [0.2, 0.25) is 0 Å². The molecule has 2 radical (unpaired) electrons. The van der Waals surface area contributed by atoms with Crippen LogP contribution in [0.1, 0.15) is 29.6 Å². The van der Waals surface area contributed by atoms with Crippen molar-refractivity contribution < 1.29 is 9.47 Å². The van der Waals surface area contributed by atoms with Gasteiger partial charge in [-0.2, -0.15) is 10.1 Å². The zero-order chi connectivity index (χ0) is 20.0. The average molecular weight is 385 g/mol. The van der Waals surface area contributed by atoms with E-state index >= 15 is 0 Å². The van der Waals surface area contributed by atoms with Crippen LogP contribution in [-0.2, 0) is 0 Å². The molecule has 9 nitrogen and oxygen atoms in total. The van der Waals surface area contributed by atoms with Crippen LogP contribution in [0, 0.1) is 0 Å². The van der Waals surface area contributed by atoms with Crippen molar-refractivity contribution in [3.05, 3.63) is 48.4 Å². The van der Waals surface area contributed by atoms with Gasteiger partial charge in [0.15, 0.2) is 5.65 Å². The third kappa shape index (κ3) is 3.06. The Hall–Kier alpha value is -3.56. The summed E-state index contributed by atoms with van der Waals surface area (Å²) in [5.41, 5.74) is 3.80. The molecule has 1 fully saturated rings. The highest BCUT2D eigenvalue weighted by atomic mass is 16.5. The zero-order valence-corrected chi connectivity index (χ0v) is 15.9. The summed E-state index contributed by atoms with van der Waals surface area (Å²) >= 11 is 0. The number of fused-ring (bicyclic) bond motifs is 1. The van der Waals surface area contributed by atoms with E-state index in [4.69, 9.17) is 17.3 Å². The van der Waals surface area contributed by atoms with Gasteiger partial charge in [-0.3, -0.25) is 0 Å². The molecular formula is C19H16BN7O2. The summed E-state index contributed by atoms with van der Waals surface area (Å²) in [5, 5.41) is 4.66. The highest BCUT2D eigenvalue weighted by molar-refractivity contribution is 6.31. The predicted molar refractivity (Wildman–Crippen MR) is 105 cm³/mol. The van der Waals surface area contributed by atoms with Crippen LogP contribution in [-0.4, -0.2) is 56.6 Å². The van der Waals surface area contributed by atoms with Crippen LogP contribution in [0.25, 0.3) is 16.9 Å². The summed E-state index contributed by atoms with van der Waals surface area (Å²) in [6.07, 6.45) is 9.41. The predicted octanol–water partition coefficient (Wildman–Crippen LogP) is 1.06. The van der Waals surface area contributed by atoms with Gasteiger partial charge in [-0.15, -0.1) is 0 Å². The van der Waals surface area contributed by atoms with E-state index in [-0.39, 0.29) is 17.8 Å². The molecule has 4 aromatic rings. The lowest BCUT2D eigenvalue weighted by Gasteiger charge is -2.10. The fourth-order valence-electron chi connectivity index (χ4n) is 3.49. The van der Waals surface area contributed by atoms with Crippen molar-refractivity contribution in [1.82, 2.24) is 34.5 Å². The Morgan fingerprint density at radius 2 is 1.86 bits per heavy atom. The van der Waals surface area contributed by atoms with Gasteiger partial charge in [-0.1, -0.05) is 5.46 Å². The molecule has 0 aromatic carbocycles. The van der Waals surface area contributed by atoms with Crippen LogP contribution in [0.4, 0.5) is 0 Å². The highest BCUT2D eigenvalue weighted by Gasteiger charge is 2.43. The maximum absolute atomic E-state index is 5.71. The van der Waals surface area contributed by atoms with Crippen molar-refractivity contribution in [2.45, 2.75) is 18.3 Å². The quantitative estimate of drug-likeness (QED) is 0.470. The molecule has 2 atom stereocenters. The van der Waals surface area contributed by atoms with Crippen LogP contribution in [0.3, 0.4) is 0 Å². The molecule has 0 N–H and O–H groups in total. The molecule has 29 heavy (non-hydrogen) atoms. The van der Waals surface area contributed by atoms with Gasteiger partial charge in [0.05, 0.1) is 25.5 Å². The number of ether oxygens (including phenoxy) is 2. The third-order valence-corrected chi connectivity index (χ3v) is 4.98. The number of nitrogens with zero attached hydrogens (tertiary/aromatic N) is 7. The molecule has 1 aliphatic carbocycles. The topological polar surface area (TPSA) is 100 Å². The van der Waals surface area contributed by atoms with E-state index in [1.165, 1.54) is 7.11 Å². The Bertz CT molecular complexity index is 1200. The molecule has 142 valence electrons. The van der Waals surface area contributed by atoms with E-state index in [2.05, 4.69) is 30.0 Å². The molecule has 1 aliphatic rings. The van der Waals surface area contributed by atoms with E-state index in [0.29, 0.717) is 22.6 Å². The summed E-state index contributed by atoms with van der Waals surface area (Å²) in [7, 11) is 8.77. The van der Waals surface area contributed by atoms with Crippen molar-refractivity contribution in [3.63, 3.8) is 0 Å². The smallest absolute Gasteiger partial charge is 0.319 e. The van der Waals surface area contributed by atoms with Crippen LogP contribution in [0.5, 0.6) is 11.9 Å². The number of aromatic nitrogens is 7. The van der Waals surface area contributed by atoms with Gasteiger partial charge >= 0.3 is 6.01 Å². The Kier molecular flexibility index (Phi) is 4.11. The minimum atomic E-state index is 0.223. The minimum Gasteiger partial charge on any atom is -0.480 e. The van der Waals surface area contributed by atoms with Crippen LogP contribution >= 0.6 is 0 Å². The van der Waals surface area contributed by atoms with Crippen molar-refractivity contribution in [3.8, 4) is 23.1 Å². The largest absolute Gasteiger partial charge is 0.480 e. The summed E-state index contributed by atoms with van der Waals surface area (Å²) < 4.78 is 12.3. The van der Waals surface area contributed by atoms with Gasteiger partial charge in [0.1, 0.15) is 13.7 Å². The number of methoxy groups -OCH3 is 2. The molecule has 0 spiro atoms. The van der Waals surface area contributed by atoms with E-state index < -0.39 is 0 Å². The van der Waals surface area contributed by atoms with Gasteiger partial charge in [0, 0.05) is 42.5 Å². The van der Waals surface area contributed by atoms with Gasteiger partial charge in [-0.25, -0.2) is 24.5 Å². The maximum Gasteiger partial charge on any atom is 0.319 e. The Balaban J connectivity index is 1.58. The minimum absolute atomic E-state index is 0.223. The molecular weight excluding hydrogens is 369 g/mol. The number of imidazole rings is 1. The second kappa shape index (κ2) is 6.80. The first-order chi connectivity index (χ1) is 14.2. The number of rotatable bonds is 5. The Morgan fingerprint density at radius 1 is 1.03 bits per heavy atom. The monoisotopic (exact) mass is 385 g/mol. The lowest BCUT2D eigenvalue weighted by molar-refractivity contribution is 0.353. The molecule has 0 aliphatic heterocycles. The van der Waals surface area contributed by atoms with Gasteiger partial charge in [-0.05, 0) is 18.4 Å². The normalized spacial score (nSPS) is 18.0. The lowest BCUT2D eigenvalue weighted by atomic mass is 10.0. The van der Waals surface area contributed by atoms with Gasteiger partial charge in [0.2, 0.25) is 5.88 Å². The van der Waals surface area contributed by atoms with Gasteiger partial charge < -0.3 is 9.47 Å². The second-order valence-electron chi connectivity index (χ2n) is 6.78. The fraction of sp³-hybridized carbons (Fsp3) is 0.263. The summed E-state index contributed by atoms with van der Waals surface area (Å²) in [6, 6.07) is 2.25. The van der Waals surface area contributed by atoms with E-state index in [1.807, 2.05) is 12.3 Å². The van der Waals surface area contributed by atoms with Crippen LogP contribution < -0.4 is 14.9 Å². The van der Waals surface area contributed by atoms with Crippen molar-refractivity contribution in [2.75, 3.05) is 14.2 Å². The highest BCUT2D eigenvalue weighted by Crippen LogP contribution is 2.54. The molecule has 1 saturated carbocycles. The Morgan fingerprint density at radius 3 is 2.62 bits per heavy atom. The molecule has 4 heterocycles. The summed E-state index contributed by atoms with van der Waals surface area (Å²) in [6.45, 7) is 0. The lowest BCUT2D eigenvalue weighted by Crippen LogP contribution is -2.07. The molecule has 0 bridgehead atoms. The van der Waals surface area contributed by atoms with E-state index in [1.54, 1.807) is 36.4 Å². The van der Waals surface area contributed by atoms with E-state index in [0.717, 1.165) is 23.5 Å². The molecule has 10 heteroatoms. The first-order valence-corrected chi connectivity index (χ1v) is 9.05. The summed E-state index contributed by atoms with van der Waals surface area (Å²) in [4.78, 5) is 21.7. The Labute approximate surface area is 167 Å². The van der Waals surface area contributed by atoms with Crippen molar-refractivity contribution in [1.29, 1.82) is 0 Å². The third-order valence-electron chi connectivity index (χ3n) is 4.98. The van der Waals surface area contributed by atoms with Gasteiger partial charge in [0.25, 0.3) is 0 Å². The van der Waals surface area contributed by atoms with E-state index in [9.17, 15) is 0 Å².